The summed E-state index contributed by atoms with van der Waals surface area (Å²) in [5, 5.41) is 5.73. The molecule has 2 amide bonds. The largest absolute Gasteiger partial charge is 0.322 e. The van der Waals surface area contributed by atoms with Gasteiger partial charge in [-0.1, -0.05) is 18.2 Å². The summed E-state index contributed by atoms with van der Waals surface area (Å²) in [6.07, 6.45) is 0. The Morgan fingerprint density at radius 3 is 2.43 bits per heavy atom. The summed E-state index contributed by atoms with van der Waals surface area (Å²) < 4.78 is 1.09. The number of amides is 2. The Kier molecular flexibility index (Phi) is 4.12. The molecule has 1 N–H and O–H groups in total. The summed E-state index contributed by atoms with van der Waals surface area (Å²) in [4.78, 5) is 25.3. The molecule has 3 rings (SSSR count). The second-order valence-corrected chi connectivity index (χ2v) is 6.14. The number of carbonyl (C=O) groups excluding carboxylic acids is 2. The Balaban J connectivity index is 1.79. The summed E-state index contributed by atoms with van der Waals surface area (Å²) in [7, 11) is 1.72. The van der Waals surface area contributed by atoms with E-state index in [0.717, 1.165) is 15.8 Å². The van der Waals surface area contributed by atoms with Gasteiger partial charge in [-0.25, -0.2) is 0 Å². The minimum atomic E-state index is -0.130. The van der Waals surface area contributed by atoms with Crippen LogP contribution in [0.5, 0.6) is 0 Å². The van der Waals surface area contributed by atoms with Crippen LogP contribution in [0.15, 0.2) is 53.9 Å². The Bertz CT molecular complexity index is 868. The third-order valence-corrected chi connectivity index (χ3v) is 4.67. The van der Waals surface area contributed by atoms with Crippen molar-refractivity contribution in [3.63, 3.8) is 0 Å². The van der Waals surface area contributed by atoms with Crippen LogP contribution in [0.25, 0.3) is 10.1 Å². The van der Waals surface area contributed by atoms with Gasteiger partial charge in [0.15, 0.2) is 0 Å². The second kappa shape index (κ2) is 6.22. The zero-order valence-corrected chi connectivity index (χ0v) is 13.7. The first-order chi connectivity index (χ1) is 11.1. The van der Waals surface area contributed by atoms with Crippen molar-refractivity contribution in [2.45, 2.75) is 6.92 Å². The van der Waals surface area contributed by atoms with E-state index in [1.165, 1.54) is 6.92 Å². The summed E-state index contributed by atoms with van der Waals surface area (Å²) in [5.41, 5.74) is 2.16. The minimum absolute atomic E-state index is 0.0356. The van der Waals surface area contributed by atoms with E-state index < -0.39 is 0 Å². The molecule has 0 aliphatic carbocycles. The lowest BCUT2D eigenvalue weighted by Crippen LogP contribution is -2.22. The third kappa shape index (κ3) is 3.10. The molecule has 0 atom stereocenters. The van der Waals surface area contributed by atoms with Crippen molar-refractivity contribution in [3.05, 3.63) is 59.5 Å². The van der Waals surface area contributed by atoms with Gasteiger partial charge in [-0.2, -0.15) is 0 Å². The SMILES string of the molecule is CC(=O)N(C)c1ccc(NC(=O)c2csc3ccccc23)cc1. The second-order valence-electron chi connectivity index (χ2n) is 5.22. The molecule has 0 spiro atoms. The molecule has 0 radical (unpaired) electrons. The lowest BCUT2D eigenvalue weighted by Gasteiger charge is -2.15. The van der Waals surface area contributed by atoms with Crippen molar-refractivity contribution < 1.29 is 9.59 Å². The maximum atomic E-state index is 12.4. The Morgan fingerprint density at radius 1 is 1.04 bits per heavy atom. The van der Waals surface area contributed by atoms with Crippen LogP contribution in [0.1, 0.15) is 17.3 Å². The fourth-order valence-electron chi connectivity index (χ4n) is 2.30. The predicted molar refractivity (Wildman–Crippen MR) is 95.3 cm³/mol. The maximum absolute atomic E-state index is 12.4. The summed E-state index contributed by atoms with van der Waals surface area (Å²) >= 11 is 1.56. The number of benzene rings is 2. The van der Waals surface area contributed by atoms with E-state index in [9.17, 15) is 9.59 Å². The lowest BCUT2D eigenvalue weighted by atomic mass is 10.1. The van der Waals surface area contributed by atoms with Gasteiger partial charge in [0.2, 0.25) is 5.91 Å². The first kappa shape index (κ1) is 15.2. The molecule has 0 saturated carbocycles. The molecule has 0 bridgehead atoms. The highest BCUT2D eigenvalue weighted by molar-refractivity contribution is 7.17. The van der Waals surface area contributed by atoms with Gasteiger partial charge in [-0.05, 0) is 30.3 Å². The van der Waals surface area contributed by atoms with Crippen LogP contribution in [-0.2, 0) is 4.79 Å². The van der Waals surface area contributed by atoms with E-state index in [-0.39, 0.29) is 11.8 Å². The fourth-order valence-corrected chi connectivity index (χ4v) is 3.24. The van der Waals surface area contributed by atoms with Crippen LogP contribution in [0.2, 0.25) is 0 Å². The monoisotopic (exact) mass is 324 g/mol. The highest BCUT2D eigenvalue weighted by atomic mass is 32.1. The zero-order chi connectivity index (χ0) is 16.4. The van der Waals surface area contributed by atoms with Crippen molar-refractivity contribution in [1.29, 1.82) is 0 Å². The molecular formula is C18H16N2O2S. The molecule has 116 valence electrons. The molecule has 3 aromatic rings. The zero-order valence-electron chi connectivity index (χ0n) is 12.9. The van der Waals surface area contributed by atoms with Gasteiger partial charge in [0, 0.05) is 40.8 Å². The fraction of sp³-hybridized carbons (Fsp3) is 0.111. The number of hydrogen-bond donors (Lipinski definition) is 1. The van der Waals surface area contributed by atoms with Crippen molar-refractivity contribution in [2.75, 3.05) is 17.3 Å². The van der Waals surface area contributed by atoms with Gasteiger partial charge in [-0.15, -0.1) is 11.3 Å². The van der Waals surface area contributed by atoms with E-state index in [1.807, 2.05) is 41.8 Å². The van der Waals surface area contributed by atoms with Crippen LogP contribution in [0.3, 0.4) is 0 Å². The third-order valence-electron chi connectivity index (χ3n) is 3.71. The molecule has 1 aromatic heterocycles. The molecule has 4 nitrogen and oxygen atoms in total. The van der Waals surface area contributed by atoms with Crippen LogP contribution in [-0.4, -0.2) is 18.9 Å². The van der Waals surface area contributed by atoms with Crippen molar-refractivity contribution in [2.24, 2.45) is 0 Å². The molecule has 2 aromatic carbocycles. The maximum Gasteiger partial charge on any atom is 0.257 e. The topological polar surface area (TPSA) is 49.4 Å². The van der Waals surface area contributed by atoms with E-state index in [0.29, 0.717) is 11.3 Å². The van der Waals surface area contributed by atoms with Gasteiger partial charge in [0.25, 0.3) is 5.91 Å². The average Bonchev–Trinajstić information content (AvgIpc) is 2.99. The number of rotatable bonds is 3. The molecule has 0 unspecified atom stereocenters. The molecular weight excluding hydrogens is 308 g/mol. The lowest BCUT2D eigenvalue weighted by molar-refractivity contribution is -0.116. The van der Waals surface area contributed by atoms with E-state index in [1.54, 1.807) is 35.4 Å². The highest BCUT2D eigenvalue weighted by Crippen LogP contribution is 2.26. The summed E-state index contributed by atoms with van der Waals surface area (Å²) in [6, 6.07) is 15.0. The number of hydrogen-bond acceptors (Lipinski definition) is 3. The number of fused-ring (bicyclic) bond motifs is 1. The van der Waals surface area contributed by atoms with Crippen molar-refractivity contribution in [1.82, 2.24) is 0 Å². The summed E-state index contributed by atoms with van der Waals surface area (Å²) in [5.74, 6) is -0.165. The normalized spacial score (nSPS) is 10.5. The Morgan fingerprint density at radius 2 is 1.74 bits per heavy atom. The summed E-state index contributed by atoms with van der Waals surface area (Å²) in [6.45, 7) is 1.51. The van der Waals surface area contributed by atoms with Crippen LogP contribution < -0.4 is 10.2 Å². The van der Waals surface area contributed by atoms with Gasteiger partial charge in [0.05, 0.1) is 5.56 Å². The minimum Gasteiger partial charge on any atom is -0.322 e. The molecule has 0 aliphatic heterocycles. The van der Waals surface area contributed by atoms with Crippen molar-refractivity contribution in [3.8, 4) is 0 Å². The van der Waals surface area contributed by atoms with Crippen LogP contribution >= 0.6 is 11.3 Å². The molecule has 0 fully saturated rings. The molecule has 23 heavy (non-hydrogen) atoms. The Labute approximate surface area is 138 Å². The predicted octanol–water partition coefficient (Wildman–Crippen LogP) is 4.14. The van der Waals surface area contributed by atoms with Gasteiger partial charge in [0.1, 0.15) is 0 Å². The number of nitrogens with one attached hydrogen (secondary N) is 1. The van der Waals surface area contributed by atoms with Gasteiger partial charge in [-0.3, -0.25) is 9.59 Å². The van der Waals surface area contributed by atoms with Gasteiger partial charge < -0.3 is 10.2 Å². The van der Waals surface area contributed by atoms with E-state index >= 15 is 0 Å². The van der Waals surface area contributed by atoms with Crippen LogP contribution in [0, 0.1) is 0 Å². The van der Waals surface area contributed by atoms with E-state index in [4.69, 9.17) is 0 Å². The smallest absolute Gasteiger partial charge is 0.257 e. The molecule has 0 aliphatic rings. The quantitative estimate of drug-likeness (QED) is 0.787. The molecule has 5 heteroatoms. The van der Waals surface area contributed by atoms with Gasteiger partial charge >= 0.3 is 0 Å². The Hall–Kier alpha value is -2.66. The van der Waals surface area contributed by atoms with Crippen molar-refractivity contribution >= 4 is 44.6 Å². The number of thiophene rings is 1. The standard InChI is InChI=1S/C18H16N2O2S/c1-12(21)20(2)14-9-7-13(8-10-14)19-18(22)16-11-23-17-6-4-3-5-15(16)17/h3-11H,1-2H3,(H,19,22). The van der Waals surface area contributed by atoms with E-state index in [2.05, 4.69) is 5.32 Å². The molecule has 0 saturated heterocycles. The molecule has 1 heterocycles. The first-order valence-electron chi connectivity index (χ1n) is 7.18. The number of anilines is 2. The highest BCUT2D eigenvalue weighted by Gasteiger charge is 2.12. The number of carbonyl (C=O) groups is 2. The first-order valence-corrected chi connectivity index (χ1v) is 8.06. The van der Waals surface area contributed by atoms with Crippen LogP contribution in [0.4, 0.5) is 11.4 Å². The average molecular weight is 324 g/mol. The number of nitrogens with zero attached hydrogens (tertiary/aromatic N) is 1.